The zero-order chi connectivity index (χ0) is 25.7. The van der Waals surface area contributed by atoms with Crippen LogP contribution in [0.2, 0.25) is 0 Å². The molecule has 1 saturated heterocycles. The molecule has 4 heterocycles. The zero-order valence-corrected chi connectivity index (χ0v) is 22.2. The molecule has 1 aliphatic carbocycles. The fourth-order valence-electron chi connectivity index (χ4n) is 6.71. The van der Waals surface area contributed by atoms with Crippen LogP contribution in [0.4, 0.5) is 0 Å². The van der Waals surface area contributed by atoms with Gasteiger partial charge in [0.2, 0.25) is 5.43 Å². The van der Waals surface area contributed by atoms with Gasteiger partial charge in [-0.3, -0.25) is 14.7 Å². The third kappa shape index (κ3) is 4.19. The Morgan fingerprint density at radius 2 is 1.97 bits per heavy atom. The molecule has 192 valence electrons. The van der Waals surface area contributed by atoms with Crippen molar-refractivity contribution in [3.05, 3.63) is 75.9 Å². The molecule has 37 heavy (non-hydrogen) atoms. The first-order chi connectivity index (χ1) is 17.8. The molecule has 0 N–H and O–H groups in total. The topological polar surface area (TPSA) is 77.1 Å². The molecule has 6 rings (SSSR count). The van der Waals surface area contributed by atoms with Crippen LogP contribution in [0.5, 0.6) is 0 Å². The third-order valence-electron chi connectivity index (χ3n) is 8.40. The second-order valence-corrected chi connectivity index (χ2v) is 11.6. The first-order valence-electron chi connectivity index (χ1n) is 13.4. The lowest BCUT2D eigenvalue weighted by Crippen LogP contribution is -2.43. The molecule has 1 unspecified atom stereocenters. The lowest BCUT2D eigenvalue weighted by Gasteiger charge is -2.45. The Morgan fingerprint density at radius 3 is 2.70 bits per heavy atom. The van der Waals surface area contributed by atoms with Crippen molar-refractivity contribution in [2.45, 2.75) is 58.4 Å². The summed E-state index contributed by atoms with van der Waals surface area (Å²) in [6.45, 7) is 9.68. The van der Waals surface area contributed by atoms with Crippen LogP contribution >= 0.6 is 0 Å². The van der Waals surface area contributed by atoms with Gasteiger partial charge in [0.25, 0.3) is 0 Å². The Bertz CT molecular complexity index is 1510. The van der Waals surface area contributed by atoms with Crippen LogP contribution in [0.25, 0.3) is 22.1 Å². The van der Waals surface area contributed by atoms with Crippen molar-refractivity contribution in [2.75, 3.05) is 13.1 Å². The predicted octanol–water partition coefficient (Wildman–Crippen LogP) is 5.24. The molecule has 1 saturated carbocycles. The summed E-state index contributed by atoms with van der Waals surface area (Å²) < 4.78 is 8.07. The summed E-state index contributed by atoms with van der Waals surface area (Å²) in [5.41, 5.74) is 4.98. The van der Waals surface area contributed by atoms with E-state index in [9.17, 15) is 4.79 Å². The van der Waals surface area contributed by atoms with E-state index in [2.05, 4.69) is 46.1 Å². The minimum absolute atomic E-state index is 0.00755. The van der Waals surface area contributed by atoms with Crippen molar-refractivity contribution < 1.29 is 4.42 Å². The van der Waals surface area contributed by atoms with Crippen LogP contribution in [-0.2, 0) is 19.0 Å². The summed E-state index contributed by atoms with van der Waals surface area (Å²) >= 11 is 0. The highest BCUT2D eigenvalue weighted by Crippen LogP contribution is 2.51. The number of pyridine rings is 1. The number of piperidine rings is 1. The van der Waals surface area contributed by atoms with Gasteiger partial charge in [0.05, 0.1) is 16.4 Å². The first-order valence-corrected chi connectivity index (χ1v) is 13.4. The van der Waals surface area contributed by atoms with Gasteiger partial charge in [-0.25, -0.2) is 0 Å². The summed E-state index contributed by atoms with van der Waals surface area (Å²) in [6.07, 6.45) is 11.5. The van der Waals surface area contributed by atoms with Crippen LogP contribution < -0.4 is 5.43 Å². The average Bonchev–Trinajstić information content (AvgIpc) is 3.28. The quantitative estimate of drug-likeness (QED) is 0.375. The number of hydrogen-bond acceptors (Lipinski definition) is 6. The summed E-state index contributed by atoms with van der Waals surface area (Å²) in [4.78, 5) is 20.9. The van der Waals surface area contributed by atoms with E-state index < -0.39 is 0 Å². The molecule has 1 aromatic carbocycles. The average molecular weight is 498 g/mol. The minimum Gasteiger partial charge on any atom is -0.463 e. The number of aromatic nitrogens is 4. The van der Waals surface area contributed by atoms with E-state index >= 15 is 0 Å². The summed E-state index contributed by atoms with van der Waals surface area (Å²) in [5, 5.41) is 9.23. The molecule has 0 amide bonds. The molecular formula is C30H35N5O2. The van der Waals surface area contributed by atoms with Crippen molar-refractivity contribution in [3.8, 4) is 11.1 Å². The predicted molar refractivity (Wildman–Crippen MR) is 144 cm³/mol. The lowest BCUT2D eigenvalue weighted by atomic mass is 9.58. The molecule has 2 aliphatic rings. The van der Waals surface area contributed by atoms with Crippen molar-refractivity contribution in [1.29, 1.82) is 0 Å². The number of rotatable bonds is 5. The largest absolute Gasteiger partial charge is 0.463 e. The second kappa shape index (κ2) is 9.21. The summed E-state index contributed by atoms with van der Waals surface area (Å²) in [5.74, 6) is 2.26. The molecule has 2 fully saturated rings. The summed E-state index contributed by atoms with van der Waals surface area (Å²) in [7, 11) is 1.99. The van der Waals surface area contributed by atoms with Gasteiger partial charge in [-0.15, -0.1) is 10.2 Å². The molecular weight excluding hydrogens is 462 g/mol. The van der Waals surface area contributed by atoms with E-state index in [0.29, 0.717) is 22.5 Å². The summed E-state index contributed by atoms with van der Waals surface area (Å²) in [6, 6.07) is 6.29. The van der Waals surface area contributed by atoms with E-state index in [1.165, 1.54) is 18.4 Å². The highest BCUT2D eigenvalue weighted by Gasteiger charge is 2.48. The van der Waals surface area contributed by atoms with Crippen molar-refractivity contribution in [2.24, 2.45) is 18.9 Å². The molecule has 4 aromatic rings. The number of benzene rings is 1. The molecule has 0 bridgehead atoms. The molecule has 0 spiro atoms. The van der Waals surface area contributed by atoms with Gasteiger partial charge in [-0.05, 0) is 79.8 Å². The van der Waals surface area contributed by atoms with Gasteiger partial charge in [0.1, 0.15) is 24.0 Å². The molecule has 3 aromatic heterocycles. The highest BCUT2D eigenvalue weighted by atomic mass is 16.3. The highest BCUT2D eigenvalue weighted by molar-refractivity contribution is 5.84. The Labute approximate surface area is 217 Å². The van der Waals surface area contributed by atoms with Gasteiger partial charge in [-0.2, -0.15) is 0 Å². The maximum absolute atomic E-state index is 13.8. The molecule has 7 nitrogen and oxygen atoms in total. The van der Waals surface area contributed by atoms with Gasteiger partial charge in [0, 0.05) is 38.1 Å². The smallest absolute Gasteiger partial charge is 0.200 e. The van der Waals surface area contributed by atoms with Gasteiger partial charge >= 0.3 is 0 Å². The monoisotopic (exact) mass is 497 g/mol. The van der Waals surface area contributed by atoms with E-state index in [4.69, 9.17) is 4.42 Å². The van der Waals surface area contributed by atoms with Crippen LogP contribution in [0.15, 0.2) is 52.4 Å². The standard InChI is InChI=1S/C30H35N5O2/c1-19-6-5-7-35(15-19)16-22-8-21(3)28-25(9-22)27(36)26(17-37-28)23-10-24(14-31-13-23)30(11-20(2)12-30)29-33-32-18-34(29)4/h8-10,13-14,17-20H,5-7,11-12,15-16H2,1-4H3. The van der Waals surface area contributed by atoms with Crippen LogP contribution in [0.1, 0.15) is 62.0 Å². The van der Waals surface area contributed by atoms with Gasteiger partial charge in [-0.1, -0.05) is 19.9 Å². The Hall–Kier alpha value is -3.32. The number of nitrogens with zero attached hydrogens (tertiary/aromatic N) is 5. The molecule has 1 aliphatic heterocycles. The second-order valence-electron chi connectivity index (χ2n) is 11.6. The minimum atomic E-state index is -0.236. The number of likely N-dealkylation sites (tertiary alicyclic amines) is 1. The van der Waals surface area contributed by atoms with E-state index in [1.54, 1.807) is 18.8 Å². The van der Waals surface area contributed by atoms with E-state index in [0.717, 1.165) is 60.9 Å². The first kappa shape index (κ1) is 24.0. The Kier molecular flexibility index (Phi) is 5.98. The van der Waals surface area contributed by atoms with Crippen LogP contribution in [0, 0.1) is 18.8 Å². The maximum atomic E-state index is 13.8. The SMILES string of the molecule is Cc1cc(CN2CCCC(C)C2)cc2c(=O)c(-c3cncc(C4(c5nncn5C)CC(C)C4)c3)coc12. The van der Waals surface area contributed by atoms with E-state index in [1.807, 2.05) is 30.8 Å². The third-order valence-corrected chi connectivity index (χ3v) is 8.40. The van der Waals surface area contributed by atoms with Crippen molar-refractivity contribution in [1.82, 2.24) is 24.6 Å². The normalized spacial score (nSPS) is 24.3. The Balaban J connectivity index is 1.39. The van der Waals surface area contributed by atoms with Crippen LogP contribution in [0.3, 0.4) is 0 Å². The lowest BCUT2D eigenvalue weighted by molar-refractivity contribution is 0.176. The van der Waals surface area contributed by atoms with Crippen molar-refractivity contribution >= 4 is 11.0 Å². The number of fused-ring (bicyclic) bond motifs is 1. The van der Waals surface area contributed by atoms with Crippen molar-refractivity contribution in [3.63, 3.8) is 0 Å². The fourth-order valence-corrected chi connectivity index (χ4v) is 6.71. The molecule has 1 atom stereocenters. The van der Waals surface area contributed by atoms with Gasteiger partial charge in [0.15, 0.2) is 0 Å². The number of aryl methyl sites for hydroxylation is 2. The van der Waals surface area contributed by atoms with Gasteiger partial charge < -0.3 is 8.98 Å². The Morgan fingerprint density at radius 1 is 1.14 bits per heavy atom. The molecule has 7 heteroatoms. The zero-order valence-electron chi connectivity index (χ0n) is 22.2. The molecule has 0 radical (unpaired) electrons. The maximum Gasteiger partial charge on any atom is 0.200 e. The van der Waals surface area contributed by atoms with E-state index in [-0.39, 0.29) is 10.8 Å². The number of hydrogen-bond donors (Lipinski definition) is 0. The fraction of sp³-hybridized carbons (Fsp3) is 0.467. The van der Waals surface area contributed by atoms with Crippen LogP contribution in [-0.4, -0.2) is 37.7 Å².